The molecule has 0 radical (unpaired) electrons. The molecule has 0 aliphatic rings. The topological polar surface area (TPSA) is 64.8 Å². The Labute approximate surface area is 118 Å². The molecule has 0 atom stereocenters. The van der Waals surface area contributed by atoms with E-state index in [1.165, 1.54) is 6.33 Å². The lowest BCUT2D eigenvalue weighted by molar-refractivity contribution is 0.919. The highest BCUT2D eigenvalue weighted by atomic mass is 15.2. The van der Waals surface area contributed by atoms with Gasteiger partial charge in [-0.2, -0.15) is 5.26 Å². The predicted molar refractivity (Wildman–Crippen MR) is 79.9 cm³/mol. The zero-order chi connectivity index (χ0) is 14.2. The largest absolute Gasteiger partial charge is 0.370 e. The Morgan fingerprint density at radius 2 is 2.05 bits per heavy atom. The van der Waals surface area contributed by atoms with Crippen LogP contribution in [-0.4, -0.2) is 23.1 Å². The summed E-state index contributed by atoms with van der Waals surface area (Å²) in [5.74, 6) is 1.58. The Balaban J connectivity index is 2.31. The van der Waals surface area contributed by atoms with Crippen LogP contribution in [-0.2, 0) is 0 Å². The number of para-hydroxylation sites is 1. The van der Waals surface area contributed by atoms with E-state index in [1.807, 2.05) is 48.2 Å². The minimum absolute atomic E-state index is 0.440. The molecule has 1 N–H and O–H groups in total. The number of nitrogens with zero attached hydrogens (tertiary/aromatic N) is 4. The second-order valence-corrected chi connectivity index (χ2v) is 4.19. The molecule has 2 rings (SSSR count). The van der Waals surface area contributed by atoms with Crippen LogP contribution in [0.5, 0.6) is 0 Å². The third-order valence-corrected chi connectivity index (χ3v) is 2.80. The van der Waals surface area contributed by atoms with Gasteiger partial charge in [0.05, 0.1) is 12.5 Å². The summed E-state index contributed by atoms with van der Waals surface area (Å²) >= 11 is 0. The molecule has 0 spiro atoms. The molecule has 0 fully saturated rings. The number of anilines is 3. The Morgan fingerprint density at radius 3 is 2.75 bits per heavy atom. The molecule has 1 heterocycles. The van der Waals surface area contributed by atoms with E-state index < -0.39 is 0 Å². The molecule has 0 unspecified atom stereocenters. The number of benzene rings is 1. The predicted octanol–water partition coefficient (Wildman–Crippen LogP) is 2.96. The normalized spacial score (nSPS) is 9.80. The number of nitriles is 1. The molecule has 1 aromatic heterocycles. The van der Waals surface area contributed by atoms with Crippen LogP contribution >= 0.6 is 0 Å². The van der Waals surface area contributed by atoms with Crippen molar-refractivity contribution in [3.63, 3.8) is 0 Å². The van der Waals surface area contributed by atoms with Gasteiger partial charge in [-0.3, -0.25) is 0 Å². The average molecular weight is 267 g/mol. The van der Waals surface area contributed by atoms with E-state index in [9.17, 15) is 0 Å². The van der Waals surface area contributed by atoms with E-state index in [1.54, 1.807) is 0 Å². The fourth-order valence-corrected chi connectivity index (χ4v) is 1.92. The van der Waals surface area contributed by atoms with Gasteiger partial charge >= 0.3 is 0 Å². The van der Waals surface area contributed by atoms with Gasteiger partial charge < -0.3 is 10.2 Å². The van der Waals surface area contributed by atoms with Crippen LogP contribution in [0.1, 0.15) is 13.3 Å². The molecule has 0 saturated carbocycles. The lowest BCUT2D eigenvalue weighted by Gasteiger charge is -2.23. The van der Waals surface area contributed by atoms with Crippen molar-refractivity contribution in [3.05, 3.63) is 42.7 Å². The summed E-state index contributed by atoms with van der Waals surface area (Å²) < 4.78 is 0. The molecular weight excluding hydrogens is 250 g/mol. The first-order valence-corrected chi connectivity index (χ1v) is 6.60. The van der Waals surface area contributed by atoms with Gasteiger partial charge in [-0.1, -0.05) is 18.2 Å². The van der Waals surface area contributed by atoms with Crippen LogP contribution in [0.4, 0.5) is 17.3 Å². The van der Waals surface area contributed by atoms with Crippen LogP contribution in [0.2, 0.25) is 0 Å². The minimum atomic E-state index is 0.440. The second kappa shape index (κ2) is 7.10. The summed E-state index contributed by atoms with van der Waals surface area (Å²) in [4.78, 5) is 10.5. The molecule has 0 saturated heterocycles. The zero-order valence-electron chi connectivity index (χ0n) is 11.5. The number of rotatable bonds is 6. The summed E-state index contributed by atoms with van der Waals surface area (Å²) in [6.07, 6.45) is 1.98. The van der Waals surface area contributed by atoms with E-state index in [-0.39, 0.29) is 0 Å². The maximum atomic E-state index is 8.83. The molecule has 0 aliphatic carbocycles. The monoisotopic (exact) mass is 267 g/mol. The molecule has 0 bridgehead atoms. The van der Waals surface area contributed by atoms with E-state index in [0.29, 0.717) is 13.0 Å². The van der Waals surface area contributed by atoms with Gasteiger partial charge in [-0.15, -0.1) is 0 Å². The first-order valence-electron chi connectivity index (χ1n) is 6.60. The van der Waals surface area contributed by atoms with Crippen LogP contribution in [0.25, 0.3) is 0 Å². The summed E-state index contributed by atoms with van der Waals surface area (Å²) in [6.45, 7) is 3.43. The Kier molecular flexibility index (Phi) is 4.90. The minimum Gasteiger partial charge on any atom is -0.370 e. The summed E-state index contributed by atoms with van der Waals surface area (Å²) in [5, 5.41) is 12.0. The van der Waals surface area contributed by atoms with E-state index in [4.69, 9.17) is 5.26 Å². The van der Waals surface area contributed by atoms with Crippen molar-refractivity contribution >= 4 is 17.3 Å². The quantitative estimate of drug-likeness (QED) is 0.871. The summed E-state index contributed by atoms with van der Waals surface area (Å²) in [5.41, 5.74) is 1.02. The molecule has 1 aromatic carbocycles. The Morgan fingerprint density at radius 1 is 1.25 bits per heavy atom. The zero-order valence-corrected chi connectivity index (χ0v) is 11.5. The standard InChI is InChI=1S/C15H17N5/c1-2-17-14-11-15(19-12-18-14)20(10-6-9-16)13-7-4-3-5-8-13/h3-5,7-8,11-12H,2,6,10H2,1H3,(H,17,18,19). The van der Waals surface area contributed by atoms with Gasteiger partial charge in [-0.25, -0.2) is 9.97 Å². The van der Waals surface area contributed by atoms with Gasteiger partial charge in [0.15, 0.2) is 0 Å². The van der Waals surface area contributed by atoms with Crippen LogP contribution in [0, 0.1) is 11.3 Å². The molecule has 5 heteroatoms. The van der Waals surface area contributed by atoms with Crippen molar-refractivity contribution in [1.82, 2.24) is 9.97 Å². The third kappa shape index (κ3) is 3.45. The fourth-order valence-electron chi connectivity index (χ4n) is 1.92. The number of hydrogen-bond acceptors (Lipinski definition) is 5. The molecule has 102 valence electrons. The van der Waals surface area contributed by atoms with Crippen LogP contribution < -0.4 is 10.2 Å². The number of aromatic nitrogens is 2. The smallest absolute Gasteiger partial charge is 0.138 e. The lowest BCUT2D eigenvalue weighted by atomic mass is 10.2. The second-order valence-electron chi connectivity index (χ2n) is 4.19. The first kappa shape index (κ1) is 13.8. The van der Waals surface area contributed by atoms with Crippen LogP contribution in [0.15, 0.2) is 42.7 Å². The summed E-state index contributed by atoms with van der Waals surface area (Å²) in [7, 11) is 0. The highest BCUT2D eigenvalue weighted by Crippen LogP contribution is 2.24. The highest BCUT2D eigenvalue weighted by molar-refractivity contribution is 5.62. The summed E-state index contributed by atoms with van der Waals surface area (Å²) in [6, 6.07) is 14.0. The number of nitrogens with one attached hydrogen (secondary N) is 1. The van der Waals surface area contributed by atoms with Gasteiger partial charge in [0.1, 0.15) is 18.0 Å². The van der Waals surface area contributed by atoms with Crippen molar-refractivity contribution in [2.24, 2.45) is 0 Å². The van der Waals surface area contributed by atoms with Crippen molar-refractivity contribution < 1.29 is 0 Å². The first-order chi connectivity index (χ1) is 9.85. The van der Waals surface area contributed by atoms with Gasteiger partial charge in [0, 0.05) is 24.8 Å². The molecule has 5 nitrogen and oxygen atoms in total. The van der Waals surface area contributed by atoms with Gasteiger partial charge in [0.25, 0.3) is 0 Å². The molecule has 0 aliphatic heterocycles. The average Bonchev–Trinajstić information content (AvgIpc) is 2.50. The van der Waals surface area contributed by atoms with Crippen molar-refractivity contribution in [2.45, 2.75) is 13.3 Å². The van der Waals surface area contributed by atoms with E-state index >= 15 is 0 Å². The number of hydrogen-bond donors (Lipinski definition) is 1. The van der Waals surface area contributed by atoms with Crippen molar-refractivity contribution in [2.75, 3.05) is 23.3 Å². The molecule has 2 aromatic rings. The third-order valence-electron chi connectivity index (χ3n) is 2.80. The highest BCUT2D eigenvalue weighted by Gasteiger charge is 2.11. The fraction of sp³-hybridized carbons (Fsp3) is 0.267. The maximum absolute atomic E-state index is 8.83. The van der Waals surface area contributed by atoms with Crippen LogP contribution in [0.3, 0.4) is 0 Å². The SMILES string of the molecule is CCNc1cc(N(CCC#N)c2ccccc2)ncn1. The molecular formula is C15H17N5. The lowest BCUT2D eigenvalue weighted by Crippen LogP contribution is -2.19. The van der Waals surface area contributed by atoms with Gasteiger partial charge in [-0.05, 0) is 19.1 Å². The van der Waals surface area contributed by atoms with Gasteiger partial charge in [0.2, 0.25) is 0 Å². The van der Waals surface area contributed by atoms with E-state index in [2.05, 4.69) is 21.4 Å². The van der Waals surface area contributed by atoms with E-state index in [0.717, 1.165) is 23.9 Å². The van der Waals surface area contributed by atoms with Crippen molar-refractivity contribution in [1.29, 1.82) is 5.26 Å². The maximum Gasteiger partial charge on any atom is 0.138 e. The van der Waals surface area contributed by atoms with Crippen molar-refractivity contribution in [3.8, 4) is 6.07 Å². The Hall–Kier alpha value is -2.61. The molecule has 20 heavy (non-hydrogen) atoms. The Bertz CT molecular complexity index is 576. The molecule has 0 amide bonds.